The largest absolute Gasteiger partial charge is 0.467 e. The molecule has 0 bridgehead atoms. The van der Waals surface area contributed by atoms with Gasteiger partial charge in [-0.15, -0.1) is 0 Å². The van der Waals surface area contributed by atoms with Gasteiger partial charge in [-0.25, -0.2) is 4.79 Å². The van der Waals surface area contributed by atoms with Crippen LogP contribution in [0.5, 0.6) is 0 Å². The molecule has 0 fully saturated rings. The number of methoxy groups -OCH3 is 1. The van der Waals surface area contributed by atoms with E-state index in [2.05, 4.69) is 10.1 Å². The van der Waals surface area contributed by atoms with Crippen LogP contribution in [-0.4, -0.2) is 43.3 Å². The van der Waals surface area contributed by atoms with Gasteiger partial charge in [-0.2, -0.15) is 0 Å². The number of aliphatic hydroxyl groups excluding tert-OH is 1. The van der Waals surface area contributed by atoms with Crippen LogP contribution in [-0.2, 0) is 14.3 Å². The zero-order chi connectivity index (χ0) is 14.3. The smallest absolute Gasteiger partial charge is 0.336 e. The molecule has 0 radical (unpaired) electrons. The second-order valence-corrected chi connectivity index (χ2v) is 3.98. The quantitative estimate of drug-likeness (QED) is 0.596. The zero-order valence-electron chi connectivity index (χ0n) is 10.7. The van der Waals surface area contributed by atoms with Crippen molar-refractivity contribution in [2.45, 2.75) is 12.0 Å². The molecular weight excluding hydrogens is 248 g/mol. The normalized spacial score (nSPS) is 13.4. The van der Waals surface area contributed by atoms with E-state index in [4.69, 9.17) is 5.73 Å². The number of hydrogen-bond donors (Lipinski definition) is 3. The van der Waals surface area contributed by atoms with Crippen molar-refractivity contribution in [3.05, 3.63) is 35.9 Å². The average Bonchev–Trinajstić information content (AvgIpc) is 2.45. The SMILES string of the molecule is COC(=O)C(O)CNC(=O)C(CN)c1ccccc1. The number of nitrogens with two attached hydrogens (primary N) is 1. The summed E-state index contributed by atoms with van der Waals surface area (Å²) in [4.78, 5) is 22.9. The Morgan fingerprint density at radius 2 is 2.00 bits per heavy atom. The van der Waals surface area contributed by atoms with Crippen molar-refractivity contribution in [1.29, 1.82) is 0 Å². The van der Waals surface area contributed by atoms with Gasteiger partial charge in [0, 0.05) is 6.54 Å². The summed E-state index contributed by atoms with van der Waals surface area (Å²) in [6.07, 6.45) is -1.37. The first kappa shape index (κ1) is 15.1. The second-order valence-electron chi connectivity index (χ2n) is 3.98. The Morgan fingerprint density at radius 1 is 1.37 bits per heavy atom. The van der Waals surface area contributed by atoms with Crippen LogP contribution in [0.15, 0.2) is 30.3 Å². The molecule has 0 aliphatic rings. The van der Waals surface area contributed by atoms with Gasteiger partial charge < -0.3 is 20.9 Å². The van der Waals surface area contributed by atoms with E-state index in [0.717, 1.165) is 5.56 Å². The number of hydrogen-bond acceptors (Lipinski definition) is 5. The Kier molecular flexibility index (Phi) is 5.98. The molecule has 1 aromatic carbocycles. The molecule has 1 rings (SSSR count). The van der Waals surface area contributed by atoms with Crippen LogP contribution < -0.4 is 11.1 Å². The van der Waals surface area contributed by atoms with Crippen molar-refractivity contribution in [1.82, 2.24) is 5.32 Å². The number of aliphatic hydroxyl groups is 1. The summed E-state index contributed by atoms with van der Waals surface area (Å²) in [6, 6.07) is 9.07. The number of rotatable bonds is 6. The lowest BCUT2D eigenvalue weighted by Crippen LogP contribution is -2.40. The third-order valence-corrected chi connectivity index (χ3v) is 2.70. The van der Waals surface area contributed by atoms with E-state index in [-0.39, 0.29) is 19.0 Å². The molecule has 0 aliphatic heterocycles. The summed E-state index contributed by atoms with van der Waals surface area (Å²) >= 11 is 0. The maximum absolute atomic E-state index is 11.9. The second kappa shape index (κ2) is 7.50. The lowest BCUT2D eigenvalue weighted by atomic mass is 9.98. The van der Waals surface area contributed by atoms with Crippen LogP contribution in [0.1, 0.15) is 11.5 Å². The number of amides is 1. The predicted octanol–water partition coefficient (Wildman–Crippen LogP) is -0.621. The number of carbonyl (C=O) groups excluding carboxylic acids is 2. The number of nitrogens with one attached hydrogen (secondary N) is 1. The Labute approximate surface area is 111 Å². The Hall–Kier alpha value is -1.92. The highest BCUT2D eigenvalue weighted by Gasteiger charge is 2.21. The van der Waals surface area contributed by atoms with E-state index in [0.29, 0.717) is 0 Å². The van der Waals surface area contributed by atoms with Crippen LogP contribution >= 0.6 is 0 Å². The van der Waals surface area contributed by atoms with Crippen molar-refractivity contribution < 1.29 is 19.4 Å². The molecule has 1 amide bonds. The number of esters is 1. The molecular formula is C13H18N2O4. The van der Waals surface area contributed by atoms with Gasteiger partial charge >= 0.3 is 5.97 Å². The highest BCUT2D eigenvalue weighted by atomic mass is 16.5. The fourth-order valence-corrected chi connectivity index (χ4v) is 1.62. The number of carbonyl (C=O) groups is 2. The monoisotopic (exact) mass is 266 g/mol. The first-order chi connectivity index (χ1) is 9.10. The van der Waals surface area contributed by atoms with E-state index >= 15 is 0 Å². The van der Waals surface area contributed by atoms with Crippen LogP contribution in [0, 0.1) is 0 Å². The minimum Gasteiger partial charge on any atom is -0.467 e. The summed E-state index contributed by atoms with van der Waals surface area (Å²) in [7, 11) is 1.17. The van der Waals surface area contributed by atoms with E-state index in [1.165, 1.54) is 7.11 Å². The maximum Gasteiger partial charge on any atom is 0.336 e. The minimum atomic E-state index is -1.37. The van der Waals surface area contributed by atoms with Gasteiger partial charge in [0.2, 0.25) is 5.91 Å². The lowest BCUT2D eigenvalue weighted by molar-refractivity contribution is -0.150. The summed E-state index contributed by atoms with van der Waals surface area (Å²) in [5, 5.41) is 11.8. The fourth-order valence-electron chi connectivity index (χ4n) is 1.62. The highest BCUT2D eigenvalue weighted by Crippen LogP contribution is 2.13. The molecule has 0 saturated carbocycles. The van der Waals surface area contributed by atoms with E-state index < -0.39 is 18.0 Å². The van der Waals surface area contributed by atoms with Crippen molar-refractivity contribution in [3.8, 4) is 0 Å². The molecule has 0 aromatic heterocycles. The van der Waals surface area contributed by atoms with Gasteiger partial charge in [-0.3, -0.25) is 4.79 Å². The summed E-state index contributed by atoms with van der Waals surface area (Å²) in [5.74, 6) is -1.63. The van der Waals surface area contributed by atoms with Gasteiger partial charge in [0.05, 0.1) is 19.6 Å². The highest BCUT2D eigenvalue weighted by molar-refractivity contribution is 5.84. The molecule has 1 aromatic rings. The molecule has 4 N–H and O–H groups in total. The maximum atomic E-state index is 11.9. The molecule has 104 valence electrons. The van der Waals surface area contributed by atoms with E-state index in [9.17, 15) is 14.7 Å². The first-order valence-electron chi connectivity index (χ1n) is 5.88. The summed E-state index contributed by atoms with van der Waals surface area (Å²) in [6.45, 7) is -0.0565. The van der Waals surface area contributed by atoms with E-state index in [1.807, 2.05) is 18.2 Å². The third kappa shape index (κ3) is 4.35. The van der Waals surface area contributed by atoms with Crippen LogP contribution in [0.2, 0.25) is 0 Å². The van der Waals surface area contributed by atoms with Crippen LogP contribution in [0.3, 0.4) is 0 Å². The lowest BCUT2D eigenvalue weighted by Gasteiger charge is -2.16. The topological polar surface area (TPSA) is 102 Å². The molecule has 2 atom stereocenters. The Bertz CT molecular complexity index is 422. The first-order valence-corrected chi connectivity index (χ1v) is 5.88. The van der Waals surface area contributed by atoms with E-state index in [1.54, 1.807) is 12.1 Å². The summed E-state index contributed by atoms with van der Waals surface area (Å²) in [5.41, 5.74) is 6.37. The molecule has 0 aliphatic carbocycles. The van der Waals surface area contributed by atoms with Gasteiger partial charge in [-0.1, -0.05) is 30.3 Å². The summed E-state index contributed by atoms with van der Waals surface area (Å²) < 4.78 is 4.35. The molecule has 19 heavy (non-hydrogen) atoms. The average molecular weight is 266 g/mol. The minimum absolute atomic E-state index is 0.143. The van der Waals surface area contributed by atoms with Crippen molar-refractivity contribution in [3.63, 3.8) is 0 Å². The van der Waals surface area contributed by atoms with Gasteiger partial charge in [0.15, 0.2) is 6.10 Å². The molecule has 2 unspecified atom stereocenters. The Morgan fingerprint density at radius 3 is 2.53 bits per heavy atom. The standard InChI is InChI=1S/C13H18N2O4/c1-19-13(18)11(16)8-15-12(17)10(7-14)9-5-3-2-4-6-9/h2-6,10-11,16H,7-8,14H2,1H3,(H,15,17). The van der Waals surface area contributed by atoms with Crippen LogP contribution in [0.4, 0.5) is 0 Å². The Balaban J connectivity index is 2.59. The van der Waals surface area contributed by atoms with Crippen molar-refractivity contribution in [2.24, 2.45) is 5.73 Å². The molecule has 6 heteroatoms. The molecule has 6 nitrogen and oxygen atoms in total. The van der Waals surface area contributed by atoms with Crippen molar-refractivity contribution in [2.75, 3.05) is 20.2 Å². The molecule has 0 heterocycles. The van der Waals surface area contributed by atoms with Gasteiger partial charge in [0.25, 0.3) is 0 Å². The number of benzene rings is 1. The fraction of sp³-hybridized carbons (Fsp3) is 0.385. The molecule has 0 spiro atoms. The number of ether oxygens (including phenoxy) is 1. The third-order valence-electron chi connectivity index (χ3n) is 2.70. The van der Waals surface area contributed by atoms with Gasteiger partial charge in [0.1, 0.15) is 0 Å². The zero-order valence-corrected chi connectivity index (χ0v) is 10.7. The van der Waals surface area contributed by atoms with Crippen LogP contribution in [0.25, 0.3) is 0 Å². The van der Waals surface area contributed by atoms with Crippen molar-refractivity contribution >= 4 is 11.9 Å². The molecule has 0 saturated heterocycles. The van der Waals surface area contributed by atoms with Gasteiger partial charge in [-0.05, 0) is 5.56 Å². The predicted molar refractivity (Wildman–Crippen MR) is 69.3 cm³/mol.